The van der Waals surface area contributed by atoms with Crippen LogP contribution in [0.2, 0.25) is 0 Å². The summed E-state index contributed by atoms with van der Waals surface area (Å²) in [4.78, 5) is 9.36. The Kier molecular flexibility index (Phi) is 5.45. The zero-order valence-electron chi connectivity index (χ0n) is 13.9. The second-order valence-corrected chi connectivity index (χ2v) is 6.82. The van der Waals surface area contributed by atoms with Crippen molar-refractivity contribution in [2.24, 2.45) is 0 Å². The number of rotatable bonds is 4. The van der Waals surface area contributed by atoms with Gasteiger partial charge in [0, 0.05) is 57.8 Å². The number of hydrogen-bond donors (Lipinski definition) is 2. The minimum absolute atomic E-state index is 0.0663. The molecule has 0 radical (unpaired) electrons. The molecule has 2 saturated heterocycles. The topological polar surface area (TPSA) is 70.5 Å². The quantitative estimate of drug-likeness (QED) is 0.855. The van der Waals surface area contributed by atoms with Gasteiger partial charge in [-0.1, -0.05) is 0 Å². The molecule has 0 saturated carbocycles. The Labute approximate surface area is 144 Å². The third-order valence-electron chi connectivity index (χ3n) is 4.84. The van der Waals surface area contributed by atoms with Gasteiger partial charge in [0.15, 0.2) is 0 Å². The van der Waals surface area contributed by atoms with Gasteiger partial charge in [-0.2, -0.15) is 13.2 Å². The van der Waals surface area contributed by atoms with Gasteiger partial charge in [-0.15, -0.1) is 0 Å². The van der Waals surface area contributed by atoms with Crippen LogP contribution in [-0.2, 0) is 10.9 Å². The van der Waals surface area contributed by atoms with Crippen molar-refractivity contribution in [3.63, 3.8) is 0 Å². The SMILES string of the molecule is OC1(CN2CCC(Nc3cc(C(F)(F)F)ncn3)CC2)CCOCC1. The zero-order chi connectivity index (χ0) is 17.9. The number of halogens is 3. The maximum absolute atomic E-state index is 12.7. The first-order valence-corrected chi connectivity index (χ1v) is 8.52. The normalized spacial score (nSPS) is 22.7. The first kappa shape index (κ1) is 18.3. The van der Waals surface area contributed by atoms with Crippen LogP contribution in [0, 0.1) is 0 Å². The lowest BCUT2D eigenvalue weighted by molar-refractivity contribution is -0.141. The van der Waals surface area contributed by atoms with Crippen molar-refractivity contribution >= 4 is 5.82 Å². The second-order valence-electron chi connectivity index (χ2n) is 6.82. The average Bonchev–Trinajstić information content (AvgIpc) is 2.57. The zero-order valence-corrected chi connectivity index (χ0v) is 13.9. The van der Waals surface area contributed by atoms with Gasteiger partial charge in [-0.05, 0) is 12.8 Å². The molecule has 0 atom stereocenters. The Balaban J connectivity index is 1.49. The summed E-state index contributed by atoms with van der Waals surface area (Å²) in [6.07, 6.45) is -0.669. The highest BCUT2D eigenvalue weighted by atomic mass is 19.4. The molecule has 0 amide bonds. The first-order chi connectivity index (χ1) is 11.8. The minimum Gasteiger partial charge on any atom is -0.388 e. The van der Waals surface area contributed by atoms with Crippen molar-refractivity contribution in [2.45, 2.75) is 43.5 Å². The van der Waals surface area contributed by atoms with E-state index in [2.05, 4.69) is 20.2 Å². The number of ether oxygens (including phenoxy) is 1. The van der Waals surface area contributed by atoms with E-state index in [4.69, 9.17) is 4.74 Å². The highest BCUT2D eigenvalue weighted by molar-refractivity contribution is 5.36. The molecular formula is C16H23F3N4O2. The van der Waals surface area contributed by atoms with Gasteiger partial charge in [0.25, 0.3) is 0 Å². The fourth-order valence-electron chi connectivity index (χ4n) is 3.36. The van der Waals surface area contributed by atoms with Gasteiger partial charge in [0.1, 0.15) is 17.8 Å². The van der Waals surface area contributed by atoms with E-state index in [0.29, 0.717) is 32.6 Å². The summed E-state index contributed by atoms with van der Waals surface area (Å²) in [5.41, 5.74) is -1.63. The van der Waals surface area contributed by atoms with Gasteiger partial charge in [0.2, 0.25) is 0 Å². The molecule has 2 fully saturated rings. The summed E-state index contributed by atoms with van der Waals surface area (Å²) in [6.45, 7) is 3.37. The molecule has 0 bridgehead atoms. The Bertz CT molecular complexity index is 571. The molecule has 2 aliphatic rings. The summed E-state index contributed by atoms with van der Waals surface area (Å²) in [6, 6.07) is 1.01. The Morgan fingerprint density at radius 3 is 2.56 bits per heavy atom. The summed E-state index contributed by atoms with van der Waals surface area (Å²) in [5, 5.41) is 13.6. The van der Waals surface area contributed by atoms with Crippen molar-refractivity contribution in [2.75, 3.05) is 38.2 Å². The number of piperidine rings is 1. The van der Waals surface area contributed by atoms with E-state index >= 15 is 0 Å². The summed E-state index contributed by atoms with van der Waals surface area (Å²) in [5.74, 6) is 0.198. The maximum Gasteiger partial charge on any atom is 0.433 e. The third kappa shape index (κ3) is 5.02. The maximum atomic E-state index is 12.7. The van der Waals surface area contributed by atoms with Crippen LogP contribution in [0.15, 0.2) is 12.4 Å². The first-order valence-electron chi connectivity index (χ1n) is 8.52. The number of nitrogens with zero attached hydrogens (tertiary/aromatic N) is 3. The summed E-state index contributed by atoms with van der Waals surface area (Å²) in [7, 11) is 0. The van der Waals surface area contributed by atoms with Crippen molar-refractivity contribution in [1.29, 1.82) is 0 Å². The molecule has 0 aromatic carbocycles. The van der Waals surface area contributed by atoms with Crippen LogP contribution < -0.4 is 5.32 Å². The lowest BCUT2D eigenvalue weighted by atomic mass is 9.92. The number of anilines is 1. The molecule has 3 rings (SSSR count). The molecule has 1 aromatic heterocycles. The number of aromatic nitrogens is 2. The molecule has 0 spiro atoms. The largest absolute Gasteiger partial charge is 0.433 e. The van der Waals surface area contributed by atoms with Crippen LogP contribution >= 0.6 is 0 Å². The smallest absolute Gasteiger partial charge is 0.388 e. The fourth-order valence-corrected chi connectivity index (χ4v) is 3.36. The van der Waals surface area contributed by atoms with E-state index in [0.717, 1.165) is 38.3 Å². The molecule has 3 heterocycles. The van der Waals surface area contributed by atoms with E-state index < -0.39 is 17.5 Å². The minimum atomic E-state index is -4.47. The molecule has 25 heavy (non-hydrogen) atoms. The van der Waals surface area contributed by atoms with Crippen LogP contribution in [0.5, 0.6) is 0 Å². The van der Waals surface area contributed by atoms with E-state index in [1.54, 1.807) is 0 Å². The van der Waals surface area contributed by atoms with E-state index in [1.807, 2.05) is 0 Å². The van der Waals surface area contributed by atoms with Crippen molar-refractivity contribution in [3.8, 4) is 0 Å². The summed E-state index contributed by atoms with van der Waals surface area (Å²) < 4.78 is 43.4. The average molecular weight is 360 g/mol. The lowest BCUT2D eigenvalue weighted by Gasteiger charge is -2.40. The lowest BCUT2D eigenvalue weighted by Crippen LogP contribution is -2.50. The van der Waals surface area contributed by atoms with Crippen molar-refractivity contribution in [3.05, 3.63) is 18.1 Å². The molecule has 6 nitrogen and oxygen atoms in total. The predicted octanol–water partition coefficient (Wildman–Crippen LogP) is 1.91. The number of β-amino-alcohol motifs (C(OH)–C–C–N with tert-alkyl or cyclic N) is 1. The van der Waals surface area contributed by atoms with E-state index in [1.165, 1.54) is 0 Å². The van der Waals surface area contributed by atoms with Gasteiger partial charge in [-0.3, -0.25) is 0 Å². The molecule has 2 N–H and O–H groups in total. The Hall–Kier alpha value is -1.45. The predicted molar refractivity (Wildman–Crippen MR) is 85.1 cm³/mol. The molecule has 2 aliphatic heterocycles. The number of aliphatic hydroxyl groups is 1. The van der Waals surface area contributed by atoms with E-state index in [-0.39, 0.29) is 11.9 Å². The highest BCUT2D eigenvalue weighted by Gasteiger charge is 2.34. The highest BCUT2D eigenvalue weighted by Crippen LogP contribution is 2.29. The molecule has 140 valence electrons. The number of alkyl halides is 3. The summed E-state index contributed by atoms with van der Waals surface area (Å²) >= 11 is 0. The van der Waals surface area contributed by atoms with Gasteiger partial charge < -0.3 is 20.1 Å². The van der Waals surface area contributed by atoms with Crippen LogP contribution in [0.25, 0.3) is 0 Å². The fraction of sp³-hybridized carbons (Fsp3) is 0.750. The second kappa shape index (κ2) is 7.43. The van der Waals surface area contributed by atoms with Crippen LogP contribution in [0.1, 0.15) is 31.4 Å². The molecule has 1 aromatic rings. The molecule has 0 aliphatic carbocycles. The van der Waals surface area contributed by atoms with Gasteiger partial charge in [-0.25, -0.2) is 9.97 Å². The third-order valence-corrected chi connectivity index (χ3v) is 4.84. The van der Waals surface area contributed by atoms with Crippen LogP contribution in [-0.4, -0.2) is 64.5 Å². The monoisotopic (exact) mass is 360 g/mol. The molecule has 0 unspecified atom stereocenters. The standard InChI is InChI=1S/C16H23F3N4O2/c17-16(18,19)13-9-14(21-11-20-13)22-12-1-5-23(6-2-12)10-15(24)3-7-25-8-4-15/h9,11-12,24H,1-8,10H2,(H,20,21,22). The number of likely N-dealkylation sites (tertiary alicyclic amines) is 1. The number of hydrogen-bond acceptors (Lipinski definition) is 6. The Morgan fingerprint density at radius 1 is 1.24 bits per heavy atom. The van der Waals surface area contributed by atoms with Crippen molar-refractivity contribution < 1.29 is 23.0 Å². The Morgan fingerprint density at radius 2 is 1.92 bits per heavy atom. The number of nitrogens with one attached hydrogen (secondary N) is 1. The van der Waals surface area contributed by atoms with Gasteiger partial charge in [0.05, 0.1) is 5.60 Å². The van der Waals surface area contributed by atoms with E-state index in [9.17, 15) is 18.3 Å². The van der Waals surface area contributed by atoms with Gasteiger partial charge >= 0.3 is 6.18 Å². The van der Waals surface area contributed by atoms with Crippen LogP contribution in [0.3, 0.4) is 0 Å². The van der Waals surface area contributed by atoms with Crippen molar-refractivity contribution in [1.82, 2.24) is 14.9 Å². The molecular weight excluding hydrogens is 337 g/mol. The molecule has 9 heteroatoms. The van der Waals surface area contributed by atoms with Crippen LogP contribution in [0.4, 0.5) is 19.0 Å².